The fourth-order valence-electron chi connectivity index (χ4n) is 6.36. The van der Waals surface area contributed by atoms with Crippen molar-refractivity contribution in [2.24, 2.45) is 0 Å². The number of hydrogen-bond acceptors (Lipinski definition) is 3. The number of pyridine rings is 1. The second-order valence-electron chi connectivity index (χ2n) is 13.3. The smallest absolute Gasteiger partial charge is 0.271 e. The SMILES string of the molecule is [2H]c1c([2H])c([2H])c(-c2cccc(-c3c([2H])c([2H])c([2H])c([2H])c3[2H])c2-[n+]2[c-]n(-c3[c-]c(Oc4[c-]c5c(cc4)c4ccccc4n5-c4cc(C(C)(C)C)ccn4)ccc3)cn2)c([2H])c1[2H].[Pt]. The maximum atomic E-state index is 8.80. The van der Waals surface area contributed by atoms with E-state index in [-0.39, 0.29) is 54.4 Å². The molecule has 0 saturated heterocycles. The van der Waals surface area contributed by atoms with E-state index >= 15 is 0 Å². The second kappa shape index (κ2) is 14.4. The fourth-order valence-corrected chi connectivity index (χ4v) is 6.36. The molecule has 0 fully saturated rings. The number of hydrogen-bond donors (Lipinski definition) is 0. The minimum atomic E-state index is -0.582. The molecule has 0 atom stereocenters. The summed E-state index contributed by atoms with van der Waals surface area (Å²) in [6.07, 6.45) is 6.34. The summed E-state index contributed by atoms with van der Waals surface area (Å²) in [5, 5.41) is 6.56. The molecule has 3 aromatic heterocycles. The predicted octanol–water partition coefficient (Wildman–Crippen LogP) is 10.5. The first-order valence-corrected chi connectivity index (χ1v) is 16.8. The van der Waals surface area contributed by atoms with Gasteiger partial charge in [-0.1, -0.05) is 129 Å². The van der Waals surface area contributed by atoms with Crippen molar-refractivity contribution in [3.63, 3.8) is 0 Å². The Morgan fingerprint density at radius 3 is 2.13 bits per heavy atom. The van der Waals surface area contributed by atoms with Crippen LogP contribution in [0.1, 0.15) is 40.0 Å². The molecule has 9 rings (SSSR count). The number of fused-ring (bicyclic) bond motifs is 3. The van der Waals surface area contributed by atoms with Crippen LogP contribution in [0.25, 0.3) is 61.3 Å². The Hall–Kier alpha value is -6.10. The normalized spacial score (nSPS) is 14.1. The number of aromatic nitrogens is 5. The van der Waals surface area contributed by atoms with Crippen molar-refractivity contribution >= 4 is 21.8 Å². The topological polar surface area (TPSA) is 48.8 Å². The molecule has 0 radical (unpaired) electrons. The van der Waals surface area contributed by atoms with E-state index < -0.39 is 60.4 Å². The molecule has 7 heteroatoms. The Bertz CT molecular complexity index is 3200. The summed E-state index contributed by atoms with van der Waals surface area (Å²) in [6.45, 7) is 6.48. The van der Waals surface area contributed by atoms with E-state index in [1.54, 1.807) is 18.2 Å². The van der Waals surface area contributed by atoms with Crippen LogP contribution < -0.4 is 9.42 Å². The Balaban J connectivity index is 0.00000560. The summed E-state index contributed by atoms with van der Waals surface area (Å²) in [7, 11) is 0. The van der Waals surface area contributed by atoms with E-state index in [4.69, 9.17) is 23.4 Å². The molecular formula is C47H35N5OPt-2. The van der Waals surface area contributed by atoms with Crippen molar-refractivity contribution in [2.45, 2.75) is 26.2 Å². The zero-order chi connectivity index (χ0) is 44.6. The number of rotatable bonds is 7. The van der Waals surface area contributed by atoms with Crippen LogP contribution in [0.15, 0.2) is 158 Å². The van der Waals surface area contributed by atoms with Crippen molar-refractivity contribution in [3.8, 4) is 50.9 Å². The van der Waals surface area contributed by atoms with Gasteiger partial charge in [0.25, 0.3) is 6.33 Å². The van der Waals surface area contributed by atoms with E-state index in [0.29, 0.717) is 17.2 Å². The van der Waals surface area contributed by atoms with E-state index in [9.17, 15) is 0 Å². The van der Waals surface area contributed by atoms with Crippen LogP contribution in [0.2, 0.25) is 0 Å². The second-order valence-corrected chi connectivity index (χ2v) is 13.3. The zero-order valence-corrected chi connectivity index (χ0v) is 31.5. The molecule has 0 bridgehead atoms. The van der Waals surface area contributed by atoms with Crippen LogP contribution in [-0.4, -0.2) is 19.2 Å². The molecule has 0 aliphatic carbocycles. The van der Waals surface area contributed by atoms with Crippen LogP contribution in [0.4, 0.5) is 0 Å². The monoisotopic (exact) mass is 890 g/mol. The Morgan fingerprint density at radius 2 is 1.41 bits per heavy atom. The summed E-state index contributed by atoms with van der Waals surface area (Å²) in [6, 6.07) is 27.1. The van der Waals surface area contributed by atoms with E-state index in [2.05, 4.69) is 67.1 Å². The molecule has 6 nitrogen and oxygen atoms in total. The molecule has 0 spiro atoms. The van der Waals surface area contributed by atoms with Gasteiger partial charge in [-0.15, -0.1) is 34.8 Å². The third-order valence-corrected chi connectivity index (χ3v) is 8.90. The van der Waals surface area contributed by atoms with Gasteiger partial charge in [-0.05, 0) is 56.8 Å². The van der Waals surface area contributed by atoms with Crippen molar-refractivity contribution < 1.29 is 44.2 Å². The predicted molar refractivity (Wildman–Crippen MR) is 210 cm³/mol. The third kappa shape index (κ3) is 6.54. The maximum absolute atomic E-state index is 8.80. The summed E-state index contributed by atoms with van der Waals surface area (Å²) >= 11 is 0. The van der Waals surface area contributed by atoms with Crippen molar-refractivity contribution in [1.82, 2.24) is 19.2 Å². The molecule has 54 heavy (non-hydrogen) atoms. The maximum Gasteiger partial charge on any atom is 0.271 e. The van der Waals surface area contributed by atoms with Gasteiger partial charge in [-0.25, -0.2) is 4.98 Å². The van der Waals surface area contributed by atoms with Crippen LogP contribution in [0.5, 0.6) is 11.5 Å². The van der Waals surface area contributed by atoms with E-state index in [1.807, 2.05) is 36.5 Å². The summed E-state index contributed by atoms with van der Waals surface area (Å²) in [5.74, 6) is 1.52. The van der Waals surface area contributed by atoms with Crippen molar-refractivity contribution in [1.29, 1.82) is 0 Å². The summed E-state index contributed by atoms with van der Waals surface area (Å²) in [5.41, 5.74) is 3.11. The average Bonchev–Trinajstić information content (AvgIpc) is 3.90. The Labute approximate surface area is 343 Å². The third-order valence-electron chi connectivity index (χ3n) is 8.90. The number of ether oxygens (including phenoxy) is 1. The van der Waals surface area contributed by atoms with Gasteiger partial charge in [0.1, 0.15) is 12.1 Å². The number of para-hydroxylation sites is 2. The average molecular weight is 891 g/mol. The van der Waals surface area contributed by atoms with Crippen LogP contribution in [0.3, 0.4) is 0 Å². The first kappa shape index (κ1) is 25.0. The van der Waals surface area contributed by atoms with Gasteiger partial charge in [0.05, 0.1) is 19.4 Å². The van der Waals surface area contributed by atoms with Crippen LogP contribution in [-0.2, 0) is 26.5 Å². The van der Waals surface area contributed by atoms with Crippen molar-refractivity contribution in [2.75, 3.05) is 0 Å². The molecule has 9 aromatic rings. The molecule has 0 unspecified atom stereocenters. The van der Waals surface area contributed by atoms with Crippen LogP contribution in [0, 0.1) is 18.5 Å². The molecular weight excluding hydrogens is 846 g/mol. The minimum absolute atomic E-state index is 0. The van der Waals surface area contributed by atoms with E-state index in [1.165, 1.54) is 33.8 Å². The van der Waals surface area contributed by atoms with Crippen molar-refractivity contribution in [3.05, 3.63) is 182 Å². The van der Waals surface area contributed by atoms with Gasteiger partial charge < -0.3 is 13.9 Å². The molecule has 0 saturated carbocycles. The molecule has 0 aliphatic rings. The Kier molecular flexibility index (Phi) is 6.66. The molecule has 0 amide bonds. The number of benzene rings is 6. The van der Waals surface area contributed by atoms with Gasteiger partial charge in [-0.2, -0.15) is 22.9 Å². The quantitative estimate of drug-likeness (QED) is 0.118. The summed E-state index contributed by atoms with van der Waals surface area (Å²) < 4.78 is 96.3. The first-order valence-electron chi connectivity index (χ1n) is 21.8. The van der Waals surface area contributed by atoms with Crippen LogP contribution >= 0.6 is 0 Å². The largest absolute Gasteiger partial charge is 0.510 e. The van der Waals surface area contributed by atoms with Gasteiger partial charge in [-0.3, -0.25) is 0 Å². The number of nitrogens with zero attached hydrogens (tertiary/aromatic N) is 5. The van der Waals surface area contributed by atoms with Gasteiger partial charge in [0.15, 0.2) is 0 Å². The van der Waals surface area contributed by atoms with E-state index in [0.717, 1.165) is 33.2 Å². The van der Waals surface area contributed by atoms with Gasteiger partial charge in [0, 0.05) is 44.3 Å². The van der Waals surface area contributed by atoms with Gasteiger partial charge in [0.2, 0.25) is 0 Å². The molecule has 3 heterocycles. The standard InChI is InChI=1S/C47H35N5O.Pt/c1-47(2,3)35-26-27-48-45(28-35)52-43-23-11-10-20-41(43)42-25-24-38(30-44(42)52)53-37-19-12-18-36(29-37)50-31-49-51(32-50)46-39(33-14-6-4-7-15-33)21-13-22-40(46)34-16-8-5-9-17-34;/h4-28,31H,1-3H3;/q-2;/i4D,5D,6D,7D,8D,9D,14D,15D,16D,17D;. The Morgan fingerprint density at radius 1 is 0.722 bits per heavy atom. The van der Waals surface area contributed by atoms with Gasteiger partial charge >= 0.3 is 0 Å². The fraction of sp³-hybridized carbons (Fsp3) is 0.0851. The zero-order valence-electron chi connectivity index (χ0n) is 39.2. The molecule has 6 aromatic carbocycles. The molecule has 0 N–H and O–H groups in total. The first-order chi connectivity index (χ1) is 30.0. The minimum Gasteiger partial charge on any atom is -0.510 e. The molecule has 266 valence electrons. The molecule has 0 aliphatic heterocycles. The summed E-state index contributed by atoms with van der Waals surface area (Å²) in [4.78, 5) is 4.76.